The van der Waals surface area contributed by atoms with E-state index in [0.717, 1.165) is 22.5 Å². The molecule has 1 aliphatic heterocycles. The first-order chi connectivity index (χ1) is 12.9. The smallest absolute Gasteiger partial charge is 0.262 e. The van der Waals surface area contributed by atoms with Gasteiger partial charge in [0, 0.05) is 30.1 Å². The van der Waals surface area contributed by atoms with Crippen LogP contribution in [0.3, 0.4) is 0 Å². The number of allylic oxidation sites excluding steroid dienone is 2. The summed E-state index contributed by atoms with van der Waals surface area (Å²) in [6.07, 6.45) is 5.10. The van der Waals surface area contributed by atoms with Crippen molar-refractivity contribution < 1.29 is 8.78 Å². The summed E-state index contributed by atoms with van der Waals surface area (Å²) in [7, 11) is 1.85. The number of benzene rings is 1. The summed E-state index contributed by atoms with van der Waals surface area (Å²) in [5.41, 5.74) is 3.75. The fraction of sp³-hybridized carbons (Fsp3) is 0.522. The molecule has 0 aliphatic carbocycles. The first-order valence-corrected chi connectivity index (χ1v) is 9.96. The van der Waals surface area contributed by atoms with Crippen LogP contribution in [0.4, 0.5) is 14.5 Å². The van der Waals surface area contributed by atoms with Gasteiger partial charge in [0.05, 0.1) is 11.7 Å². The zero-order chi connectivity index (χ0) is 20.4. The molecule has 27 heavy (non-hydrogen) atoms. The van der Waals surface area contributed by atoms with Crippen molar-refractivity contribution in [2.24, 2.45) is 4.99 Å². The molecule has 0 saturated heterocycles. The number of para-hydroxylation sites is 1. The van der Waals surface area contributed by atoms with Crippen molar-refractivity contribution in [2.75, 3.05) is 7.05 Å². The van der Waals surface area contributed by atoms with Crippen molar-refractivity contribution in [3.05, 3.63) is 53.3 Å². The summed E-state index contributed by atoms with van der Waals surface area (Å²) in [5.74, 6) is 0. The van der Waals surface area contributed by atoms with Crippen molar-refractivity contribution in [1.29, 1.82) is 0 Å². The van der Waals surface area contributed by atoms with Crippen molar-refractivity contribution in [3.63, 3.8) is 0 Å². The van der Waals surface area contributed by atoms with Gasteiger partial charge in [0.2, 0.25) is 0 Å². The zero-order valence-electron chi connectivity index (χ0n) is 17.6. The first-order valence-electron chi connectivity index (χ1n) is 9.96. The van der Waals surface area contributed by atoms with E-state index in [4.69, 9.17) is 4.99 Å². The van der Waals surface area contributed by atoms with Gasteiger partial charge >= 0.3 is 0 Å². The highest BCUT2D eigenvalue weighted by Gasteiger charge is 2.27. The summed E-state index contributed by atoms with van der Waals surface area (Å²) >= 11 is 0. The number of halogens is 2. The van der Waals surface area contributed by atoms with Gasteiger partial charge in [-0.1, -0.05) is 58.7 Å². The molecule has 1 aromatic carbocycles. The Morgan fingerprint density at radius 2 is 1.74 bits per heavy atom. The van der Waals surface area contributed by atoms with Gasteiger partial charge in [-0.15, -0.1) is 0 Å². The van der Waals surface area contributed by atoms with E-state index in [0.29, 0.717) is 12.8 Å². The minimum atomic E-state index is -2.44. The molecule has 0 bridgehead atoms. The number of hydrogen-bond acceptors (Lipinski definition) is 2. The molecule has 0 fully saturated rings. The predicted octanol–water partition coefficient (Wildman–Crippen LogP) is 7.08. The van der Waals surface area contributed by atoms with Gasteiger partial charge in [-0.3, -0.25) is 4.99 Å². The fourth-order valence-corrected chi connectivity index (χ4v) is 2.93. The second-order valence-electron chi connectivity index (χ2n) is 6.82. The van der Waals surface area contributed by atoms with E-state index < -0.39 is 6.43 Å². The summed E-state index contributed by atoms with van der Waals surface area (Å²) in [4.78, 5) is 6.59. The molecule has 1 heterocycles. The molecule has 1 aliphatic rings. The standard InChI is InChI=1S/C19H24F2N2.C4H10/c1-5-16(22-17-10-8-7-9-13(17)3)14-11-15(19(20)21)18(6-2)23(4)12-14;1-3-4-2/h7-12,18-19H,5-6H2,1-4H3;3-4H2,1-2H3. The molecule has 0 saturated carbocycles. The van der Waals surface area contributed by atoms with Crippen molar-refractivity contribution >= 4 is 11.4 Å². The Labute approximate surface area is 163 Å². The van der Waals surface area contributed by atoms with Crippen LogP contribution in [0.15, 0.2) is 52.7 Å². The topological polar surface area (TPSA) is 15.6 Å². The average Bonchev–Trinajstić information content (AvgIpc) is 2.66. The Morgan fingerprint density at radius 3 is 2.22 bits per heavy atom. The molecular weight excluding hydrogens is 342 g/mol. The van der Waals surface area contributed by atoms with E-state index in [1.165, 1.54) is 12.8 Å². The molecule has 2 nitrogen and oxygen atoms in total. The fourth-order valence-electron chi connectivity index (χ4n) is 2.93. The van der Waals surface area contributed by atoms with Crippen molar-refractivity contribution in [2.45, 2.75) is 72.8 Å². The summed E-state index contributed by atoms with van der Waals surface area (Å²) in [5, 5.41) is 0. The van der Waals surface area contributed by atoms with Gasteiger partial charge in [0.1, 0.15) is 0 Å². The highest BCUT2D eigenvalue weighted by molar-refractivity contribution is 6.04. The summed E-state index contributed by atoms with van der Waals surface area (Å²) in [6, 6.07) is 7.61. The largest absolute Gasteiger partial charge is 0.373 e. The van der Waals surface area contributed by atoms with E-state index in [9.17, 15) is 8.78 Å². The Kier molecular flexibility index (Phi) is 9.98. The molecule has 1 unspecified atom stereocenters. The van der Waals surface area contributed by atoms with Crippen LogP contribution in [0.2, 0.25) is 0 Å². The van der Waals surface area contributed by atoms with E-state index in [1.54, 1.807) is 6.08 Å². The Balaban J connectivity index is 0.000000828. The quantitative estimate of drug-likeness (QED) is 0.484. The van der Waals surface area contributed by atoms with Crippen LogP contribution in [-0.4, -0.2) is 30.1 Å². The lowest BCUT2D eigenvalue weighted by Gasteiger charge is -2.32. The van der Waals surface area contributed by atoms with E-state index >= 15 is 0 Å². The molecule has 4 heteroatoms. The maximum Gasteiger partial charge on any atom is 0.262 e. The van der Waals surface area contributed by atoms with Crippen LogP contribution in [0.1, 0.15) is 58.9 Å². The van der Waals surface area contributed by atoms with Crippen LogP contribution in [0, 0.1) is 6.92 Å². The van der Waals surface area contributed by atoms with Gasteiger partial charge in [0.15, 0.2) is 0 Å². The maximum atomic E-state index is 13.4. The van der Waals surface area contributed by atoms with Gasteiger partial charge in [0.25, 0.3) is 6.43 Å². The molecule has 0 N–H and O–H groups in total. The Morgan fingerprint density at radius 1 is 1.11 bits per heavy atom. The van der Waals surface area contributed by atoms with Crippen LogP contribution >= 0.6 is 0 Å². The highest BCUT2D eigenvalue weighted by atomic mass is 19.3. The number of aryl methyl sites for hydroxylation is 1. The number of alkyl halides is 2. The second kappa shape index (κ2) is 11.7. The van der Waals surface area contributed by atoms with Crippen LogP contribution in [0.5, 0.6) is 0 Å². The number of likely N-dealkylation sites (N-methyl/N-ethyl adjacent to an activating group) is 1. The molecule has 0 radical (unpaired) electrons. The molecule has 0 spiro atoms. The summed E-state index contributed by atoms with van der Waals surface area (Å²) in [6.45, 7) is 10.3. The molecule has 0 amide bonds. The third kappa shape index (κ3) is 6.60. The Bertz CT molecular complexity index is 673. The maximum absolute atomic E-state index is 13.4. The van der Waals surface area contributed by atoms with Crippen LogP contribution in [-0.2, 0) is 0 Å². The Hall–Kier alpha value is -1.97. The number of rotatable bonds is 6. The summed E-state index contributed by atoms with van der Waals surface area (Å²) < 4.78 is 26.8. The number of aliphatic imine (C=N–C) groups is 1. The number of hydrogen-bond donors (Lipinski definition) is 0. The number of nitrogens with zero attached hydrogens (tertiary/aromatic N) is 2. The average molecular weight is 377 g/mol. The molecule has 1 aromatic rings. The molecule has 1 atom stereocenters. The van der Waals surface area contributed by atoms with Crippen LogP contribution < -0.4 is 0 Å². The monoisotopic (exact) mass is 376 g/mol. The van der Waals surface area contributed by atoms with Gasteiger partial charge in [-0.2, -0.15) is 0 Å². The van der Waals surface area contributed by atoms with Gasteiger partial charge in [-0.25, -0.2) is 8.78 Å². The predicted molar refractivity (Wildman–Crippen MR) is 113 cm³/mol. The highest BCUT2D eigenvalue weighted by Crippen LogP contribution is 2.29. The molecule has 150 valence electrons. The van der Waals surface area contributed by atoms with Gasteiger partial charge in [-0.05, 0) is 37.5 Å². The number of unbranched alkanes of at least 4 members (excludes halogenated alkanes) is 1. The second-order valence-corrected chi connectivity index (χ2v) is 6.82. The lowest BCUT2D eigenvalue weighted by atomic mass is 9.95. The van der Waals surface area contributed by atoms with E-state index in [-0.39, 0.29) is 11.6 Å². The molecule has 0 aromatic heterocycles. The van der Waals surface area contributed by atoms with Crippen molar-refractivity contribution in [1.82, 2.24) is 4.90 Å². The molecular formula is C23H34F2N2. The van der Waals surface area contributed by atoms with Crippen LogP contribution in [0.25, 0.3) is 0 Å². The van der Waals surface area contributed by atoms with E-state index in [2.05, 4.69) is 13.8 Å². The van der Waals surface area contributed by atoms with Crippen molar-refractivity contribution in [3.8, 4) is 0 Å². The first kappa shape index (κ1) is 23.1. The lowest BCUT2D eigenvalue weighted by Crippen LogP contribution is -2.34. The molecule has 2 rings (SSSR count). The normalized spacial score (nSPS) is 17.3. The zero-order valence-corrected chi connectivity index (χ0v) is 17.6. The third-order valence-corrected chi connectivity index (χ3v) is 4.72. The minimum Gasteiger partial charge on any atom is -0.373 e. The third-order valence-electron chi connectivity index (χ3n) is 4.72. The minimum absolute atomic E-state index is 0.179. The lowest BCUT2D eigenvalue weighted by molar-refractivity contribution is 0.162. The van der Waals surface area contributed by atoms with Gasteiger partial charge < -0.3 is 4.90 Å². The van der Waals surface area contributed by atoms with E-state index in [1.807, 2.05) is 63.2 Å². The SMILES string of the molecule is CCC(=Nc1ccccc1C)C1=CN(C)C(CC)C(C(F)F)=C1.CCCC.